The molecule has 120 valence electrons. The van der Waals surface area contributed by atoms with E-state index in [0.717, 1.165) is 6.42 Å². The molecule has 0 N–H and O–H groups in total. The van der Waals surface area contributed by atoms with Gasteiger partial charge in [-0.2, -0.15) is 0 Å². The van der Waals surface area contributed by atoms with E-state index in [0.29, 0.717) is 0 Å². The first-order valence-electron chi connectivity index (χ1n) is 8.61. The maximum Gasteiger partial charge on any atom is -0.00879 e. The van der Waals surface area contributed by atoms with E-state index in [1.807, 2.05) is 0 Å². The summed E-state index contributed by atoms with van der Waals surface area (Å²) in [5.41, 5.74) is 8.71. The Balaban J connectivity index is 2.24. The lowest BCUT2D eigenvalue weighted by Crippen LogP contribution is -2.16. The van der Waals surface area contributed by atoms with Gasteiger partial charge in [-0.05, 0) is 50.6 Å². The van der Waals surface area contributed by atoms with Gasteiger partial charge in [-0.3, -0.25) is 0 Å². The largest absolute Gasteiger partial charge is 0.0795 e. The highest BCUT2D eigenvalue weighted by Gasteiger charge is 2.22. The third kappa shape index (κ3) is 3.13. The molecule has 0 spiro atoms. The van der Waals surface area contributed by atoms with Crippen molar-refractivity contribution in [3.63, 3.8) is 0 Å². The molecular formula is C23H28. The average Bonchev–Trinajstić information content (AvgIpc) is 2.93. The molecule has 0 saturated heterocycles. The van der Waals surface area contributed by atoms with E-state index in [-0.39, 0.29) is 10.8 Å². The molecule has 0 radical (unpaired) electrons. The maximum absolute atomic E-state index is 2.39. The molecule has 0 bridgehead atoms. The molecule has 0 heteroatoms. The monoisotopic (exact) mass is 304 g/mol. The molecule has 0 heterocycles. The highest BCUT2D eigenvalue weighted by Crippen LogP contribution is 2.37. The number of fused-ring (bicyclic) bond motifs is 1. The van der Waals surface area contributed by atoms with Crippen molar-refractivity contribution in [3.8, 4) is 11.1 Å². The van der Waals surface area contributed by atoms with Crippen LogP contribution in [0.1, 0.15) is 63.8 Å². The van der Waals surface area contributed by atoms with Crippen LogP contribution in [-0.4, -0.2) is 0 Å². The normalized spacial score (nSPS) is 14.2. The van der Waals surface area contributed by atoms with Crippen molar-refractivity contribution >= 4 is 6.08 Å². The van der Waals surface area contributed by atoms with Crippen LogP contribution < -0.4 is 0 Å². The Morgan fingerprint density at radius 3 is 1.96 bits per heavy atom. The van der Waals surface area contributed by atoms with Crippen LogP contribution >= 0.6 is 0 Å². The van der Waals surface area contributed by atoms with Gasteiger partial charge in [-0.25, -0.2) is 0 Å². The van der Waals surface area contributed by atoms with Gasteiger partial charge in [0.2, 0.25) is 0 Å². The van der Waals surface area contributed by atoms with Crippen molar-refractivity contribution in [3.05, 3.63) is 64.7 Å². The zero-order valence-corrected chi connectivity index (χ0v) is 15.3. The smallest absolute Gasteiger partial charge is 0.00879 e. The van der Waals surface area contributed by atoms with E-state index >= 15 is 0 Å². The highest BCUT2D eigenvalue weighted by atomic mass is 14.3. The van der Waals surface area contributed by atoms with Crippen LogP contribution in [-0.2, 0) is 17.3 Å². The molecule has 0 nitrogen and oxygen atoms in total. The van der Waals surface area contributed by atoms with Gasteiger partial charge in [-0.1, -0.05) is 90.1 Å². The van der Waals surface area contributed by atoms with Gasteiger partial charge in [-0.15, -0.1) is 0 Å². The molecule has 2 aromatic carbocycles. The van der Waals surface area contributed by atoms with Crippen LogP contribution in [0.5, 0.6) is 0 Å². The second-order valence-electron chi connectivity index (χ2n) is 8.78. The van der Waals surface area contributed by atoms with Crippen LogP contribution in [0.2, 0.25) is 0 Å². The second-order valence-corrected chi connectivity index (χ2v) is 8.78. The molecular weight excluding hydrogens is 276 g/mol. The lowest BCUT2D eigenvalue weighted by atomic mass is 9.78. The minimum absolute atomic E-state index is 0.157. The van der Waals surface area contributed by atoms with E-state index in [1.165, 1.54) is 33.4 Å². The fraction of sp³-hybridized carbons (Fsp3) is 0.391. The van der Waals surface area contributed by atoms with Gasteiger partial charge in [0, 0.05) is 0 Å². The molecule has 0 unspecified atom stereocenters. The van der Waals surface area contributed by atoms with E-state index in [4.69, 9.17) is 0 Å². The number of hydrogen-bond donors (Lipinski definition) is 0. The Kier molecular flexibility index (Phi) is 3.75. The topological polar surface area (TPSA) is 0 Å². The average molecular weight is 304 g/mol. The van der Waals surface area contributed by atoms with Crippen molar-refractivity contribution in [2.75, 3.05) is 0 Å². The van der Waals surface area contributed by atoms with E-state index in [9.17, 15) is 0 Å². The summed E-state index contributed by atoms with van der Waals surface area (Å²) in [6.45, 7) is 13.8. The molecule has 2 aromatic rings. The summed E-state index contributed by atoms with van der Waals surface area (Å²) in [5.74, 6) is 0. The fourth-order valence-electron chi connectivity index (χ4n) is 3.19. The molecule has 0 aromatic heterocycles. The molecule has 0 atom stereocenters. The van der Waals surface area contributed by atoms with E-state index < -0.39 is 0 Å². The SMILES string of the molecule is CC(C)(C)c1cc(-c2cccc3c2C=CC3)cc(C(C)(C)C)c1. The van der Waals surface area contributed by atoms with Gasteiger partial charge in [0.05, 0.1) is 0 Å². The summed E-state index contributed by atoms with van der Waals surface area (Å²) in [7, 11) is 0. The van der Waals surface area contributed by atoms with Gasteiger partial charge in [0.1, 0.15) is 0 Å². The van der Waals surface area contributed by atoms with Crippen LogP contribution in [0.4, 0.5) is 0 Å². The Morgan fingerprint density at radius 1 is 0.783 bits per heavy atom. The standard InChI is InChI=1S/C23H28/c1-22(2,3)18-13-17(14-19(15-18)23(4,5)6)21-12-8-10-16-9-7-11-20(16)21/h7-8,10-15H,9H2,1-6H3. The van der Waals surface area contributed by atoms with Crippen LogP contribution in [0, 0.1) is 0 Å². The second kappa shape index (κ2) is 5.37. The molecule has 0 saturated carbocycles. The highest BCUT2D eigenvalue weighted by molar-refractivity contribution is 5.80. The predicted octanol–water partition coefficient (Wildman–Crippen LogP) is 6.52. The Hall–Kier alpha value is -1.82. The van der Waals surface area contributed by atoms with Crippen molar-refractivity contribution < 1.29 is 0 Å². The first-order valence-corrected chi connectivity index (χ1v) is 8.61. The summed E-state index contributed by atoms with van der Waals surface area (Å²) in [6.07, 6.45) is 5.62. The lowest BCUT2D eigenvalue weighted by Gasteiger charge is -2.26. The predicted molar refractivity (Wildman–Crippen MR) is 102 cm³/mol. The summed E-state index contributed by atoms with van der Waals surface area (Å²) >= 11 is 0. The fourth-order valence-corrected chi connectivity index (χ4v) is 3.19. The number of allylic oxidation sites excluding steroid dienone is 1. The summed E-state index contributed by atoms with van der Waals surface area (Å²) < 4.78 is 0. The molecule has 3 rings (SSSR count). The molecule has 23 heavy (non-hydrogen) atoms. The van der Waals surface area contributed by atoms with Crippen LogP contribution in [0.25, 0.3) is 17.2 Å². The molecule has 1 aliphatic rings. The first kappa shape index (κ1) is 16.1. The van der Waals surface area contributed by atoms with Crippen molar-refractivity contribution in [1.29, 1.82) is 0 Å². The van der Waals surface area contributed by atoms with Crippen LogP contribution in [0.3, 0.4) is 0 Å². The first-order chi connectivity index (χ1) is 10.7. The van der Waals surface area contributed by atoms with Crippen molar-refractivity contribution in [2.45, 2.75) is 58.8 Å². The molecule has 0 aliphatic heterocycles. The van der Waals surface area contributed by atoms with E-state index in [1.54, 1.807) is 0 Å². The Morgan fingerprint density at radius 2 is 1.39 bits per heavy atom. The minimum Gasteiger partial charge on any atom is -0.0795 e. The molecule has 0 fully saturated rings. The number of rotatable bonds is 1. The molecule has 1 aliphatic carbocycles. The maximum atomic E-state index is 2.39. The summed E-state index contributed by atoms with van der Waals surface area (Å²) in [6, 6.07) is 13.9. The number of hydrogen-bond acceptors (Lipinski definition) is 0. The Labute approximate surface area is 141 Å². The lowest BCUT2D eigenvalue weighted by molar-refractivity contribution is 0.569. The zero-order valence-electron chi connectivity index (χ0n) is 15.3. The third-order valence-corrected chi connectivity index (χ3v) is 4.79. The van der Waals surface area contributed by atoms with Crippen molar-refractivity contribution in [2.24, 2.45) is 0 Å². The minimum atomic E-state index is 0.157. The van der Waals surface area contributed by atoms with Crippen LogP contribution in [0.15, 0.2) is 42.5 Å². The summed E-state index contributed by atoms with van der Waals surface area (Å²) in [4.78, 5) is 0. The quantitative estimate of drug-likeness (QED) is 0.562. The summed E-state index contributed by atoms with van der Waals surface area (Å²) in [5, 5.41) is 0. The van der Waals surface area contributed by atoms with Gasteiger partial charge >= 0.3 is 0 Å². The van der Waals surface area contributed by atoms with Gasteiger partial charge < -0.3 is 0 Å². The molecule has 0 amide bonds. The van der Waals surface area contributed by atoms with Gasteiger partial charge in [0.25, 0.3) is 0 Å². The zero-order chi connectivity index (χ0) is 16.8. The Bertz CT molecular complexity index is 729. The number of benzene rings is 2. The van der Waals surface area contributed by atoms with Gasteiger partial charge in [0.15, 0.2) is 0 Å². The van der Waals surface area contributed by atoms with Crippen molar-refractivity contribution in [1.82, 2.24) is 0 Å². The third-order valence-electron chi connectivity index (χ3n) is 4.79. The van der Waals surface area contributed by atoms with E-state index in [2.05, 4.69) is 90.1 Å².